The second-order valence-corrected chi connectivity index (χ2v) is 6.38. The summed E-state index contributed by atoms with van der Waals surface area (Å²) in [6.45, 7) is 1.16. The van der Waals surface area contributed by atoms with Gasteiger partial charge in [0.25, 0.3) is 5.91 Å². The molecule has 1 aliphatic heterocycles. The van der Waals surface area contributed by atoms with E-state index in [0.29, 0.717) is 48.6 Å². The SMILES string of the molecule is COc1ccc(NC(=O)C2CCN(C(=O)c3ccccc3)CC2)cc1N. The van der Waals surface area contributed by atoms with Crippen LogP contribution in [0.2, 0.25) is 0 Å². The number of anilines is 2. The molecule has 3 N–H and O–H groups in total. The number of nitrogens with zero attached hydrogens (tertiary/aromatic N) is 1. The summed E-state index contributed by atoms with van der Waals surface area (Å²) in [4.78, 5) is 26.8. The lowest BCUT2D eigenvalue weighted by atomic mass is 9.95. The van der Waals surface area contributed by atoms with Gasteiger partial charge in [0.1, 0.15) is 5.75 Å². The van der Waals surface area contributed by atoms with Gasteiger partial charge >= 0.3 is 0 Å². The fourth-order valence-corrected chi connectivity index (χ4v) is 3.16. The minimum absolute atomic E-state index is 0.0207. The van der Waals surface area contributed by atoms with E-state index in [2.05, 4.69) is 5.32 Å². The molecule has 26 heavy (non-hydrogen) atoms. The molecular weight excluding hydrogens is 330 g/mol. The van der Waals surface area contributed by atoms with Crippen molar-refractivity contribution < 1.29 is 14.3 Å². The van der Waals surface area contributed by atoms with Gasteiger partial charge in [-0.1, -0.05) is 18.2 Å². The predicted octanol–water partition coefficient (Wildman–Crippen LogP) is 2.77. The van der Waals surface area contributed by atoms with E-state index in [1.54, 1.807) is 25.3 Å². The van der Waals surface area contributed by atoms with Gasteiger partial charge in [0.2, 0.25) is 5.91 Å². The average molecular weight is 353 g/mol. The predicted molar refractivity (Wildman–Crippen MR) is 101 cm³/mol. The molecule has 1 saturated heterocycles. The zero-order valence-electron chi connectivity index (χ0n) is 14.8. The number of methoxy groups -OCH3 is 1. The van der Waals surface area contributed by atoms with E-state index in [9.17, 15) is 9.59 Å². The Morgan fingerprint density at radius 3 is 2.42 bits per heavy atom. The van der Waals surface area contributed by atoms with Crippen LogP contribution in [0.4, 0.5) is 11.4 Å². The monoisotopic (exact) mass is 353 g/mol. The molecule has 0 aromatic heterocycles. The van der Waals surface area contributed by atoms with Gasteiger partial charge in [-0.15, -0.1) is 0 Å². The van der Waals surface area contributed by atoms with Crippen LogP contribution in [0.5, 0.6) is 5.75 Å². The van der Waals surface area contributed by atoms with E-state index in [0.717, 1.165) is 0 Å². The largest absolute Gasteiger partial charge is 0.495 e. The van der Waals surface area contributed by atoms with Crippen molar-refractivity contribution in [2.45, 2.75) is 12.8 Å². The number of benzene rings is 2. The molecule has 6 nitrogen and oxygen atoms in total. The first-order valence-corrected chi connectivity index (χ1v) is 8.67. The molecule has 6 heteroatoms. The molecule has 2 amide bonds. The first kappa shape index (κ1) is 17.8. The molecule has 136 valence electrons. The summed E-state index contributed by atoms with van der Waals surface area (Å²) in [5, 5.41) is 2.90. The van der Waals surface area contributed by atoms with Gasteiger partial charge in [0, 0.05) is 30.3 Å². The normalized spacial score (nSPS) is 14.7. The molecule has 0 saturated carbocycles. The Morgan fingerprint density at radius 2 is 1.81 bits per heavy atom. The van der Waals surface area contributed by atoms with E-state index in [1.165, 1.54) is 0 Å². The smallest absolute Gasteiger partial charge is 0.253 e. The van der Waals surface area contributed by atoms with Crippen LogP contribution in [0.15, 0.2) is 48.5 Å². The van der Waals surface area contributed by atoms with Crippen molar-refractivity contribution in [2.24, 2.45) is 5.92 Å². The van der Waals surface area contributed by atoms with Crippen molar-refractivity contribution in [1.29, 1.82) is 0 Å². The van der Waals surface area contributed by atoms with Crippen molar-refractivity contribution in [3.8, 4) is 5.75 Å². The van der Waals surface area contributed by atoms with Crippen LogP contribution in [0.1, 0.15) is 23.2 Å². The maximum atomic E-state index is 12.5. The second-order valence-electron chi connectivity index (χ2n) is 6.38. The topological polar surface area (TPSA) is 84.7 Å². The Hall–Kier alpha value is -3.02. The highest BCUT2D eigenvalue weighted by atomic mass is 16.5. The first-order valence-electron chi connectivity index (χ1n) is 8.67. The highest BCUT2D eigenvalue weighted by molar-refractivity contribution is 5.95. The third kappa shape index (κ3) is 3.96. The van der Waals surface area contributed by atoms with Crippen LogP contribution in [0, 0.1) is 5.92 Å². The van der Waals surface area contributed by atoms with Gasteiger partial charge in [-0.05, 0) is 43.2 Å². The van der Waals surface area contributed by atoms with E-state index in [-0.39, 0.29) is 17.7 Å². The number of carbonyl (C=O) groups excluding carboxylic acids is 2. The van der Waals surface area contributed by atoms with Crippen LogP contribution in [0.3, 0.4) is 0 Å². The lowest BCUT2D eigenvalue weighted by Crippen LogP contribution is -2.41. The quantitative estimate of drug-likeness (QED) is 0.828. The lowest BCUT2D eigenvalue weighted by Gasteiger charge is -2.31. The molecule has 0 radical (unpaired) electrons. The first-order chi connectivity index (χ1) is 12.6. The fraction of sp³-hybridized carbons (Fsp3) is 0.300. The van der Waals surface area contributed by atoms with E-state index in [4.69, 9.17) is 10.5 Å². The number of hydrogen-bond acceptors (Lipinski definition) is 4. The fourth-order valence-electron chi connectivity index (χ4n) is 3.16. The Morgan fingerprint density at radius 1 is 1.12 bits per heavy atom. The van der Waals surface area contributed by atoms with Gasteiger partial charge in [-0.25, -0.2) is 0 Å². The molecule has 0 bridgehead atoms. The van der Waals surface area contributed by atoms with Crippen molar-refractivity contribution in [2.75, 3.05) is 31.2 Å². The summed E-state index contributed by atoms with van der Waals surface area (Å²) in [6, 6.07) is 14.4. The molecule has 2 aromatic rings. The average Bonchev–Trinajstić information content (AvgIpc) is 2.68. The van der Waals surface area contributed by atoms with Crippen molar-refractivity contribution in [3.05, 3.63) is 54.1 Å². The van der Waals surface area contributed by atoms with Crippen molar-refractivity contribution >= 4 is 23.2 Å². The highest BCUT2D eigenvalue weighted by Crippen LogP contribution is 2.26. The summed E-state index contributed by atoms with van der Waals surface area (Å²) >= 11 is 0. The van der Waals surface area contributed by atoms with E-state index < -0.39 is 0 Å². The maximum absolute atomic E-state index is 12.5. The number of amides is 2. The van der Waals surface area contributed by atoms with Gasteiger partial charge < -0.3 is 20.7 Å². The molecule has 1 fully saturated rings. The molecular formula is C20H23N3O3. The van der Waals surface area contributed by atoms with E-state index >= 15 is 0 Å². The number of carbonyl (C=O) groups is 2. The Labute approximate surface area is 152 Å². The third-order valence-electron chi connectivity index (χ3n) is 4.67. The third-order valence-corrected chi connectivity index (χ3v) is 4.67. The Bertz CT molecular complexity index is 784. The zero-order chi connectivity index (χ0) is 18.5. The van der Waals surface area contributed by atoms with Crippen molar-refractivity contribution in [1.82, 2.24) is 4.90 Å². The number of likely N-dealkylation sites (tertiary alicyclic amines) is 1. The summed E-state index contributed by atoms with van der Waals surface area (Å²) in [5.74, 6) is 0.447. The van der Waals surface area contributed by atoms with E-state index in [1.807, 2.05) is 35.2 Å². The zero-order valence-corrected chi connectivity index (χ0v) is 14.8. The number of nitrogens with two attached hydrogens (primary N) is 1. The standard InChI is InChI=1S/C20H23N3O3/c1-26-18-8-7-16(13-17(18)21)22-19(24)14-9-11-23(12-10-14)20(25)15-5-3-2-4-6-15/h2-8,13-14H,9-12,21H2,1H3,(H,22,24). The number of rotatable bonds is 4. The highest BCUT2D eigenvalue weighted by Gasteiger charge is 2.27. The number of nitrogen functional groups attached to an aromatic ring is 1. The molecule has 1 aliphatic rings. The van der Waals surface area contributed by atoms with Crippen LogP contribution in [-0.4, -0.2) is 36.9 Å². The molecule has 2 aromatic carbocycles. The van der Waals surface area contributed by atoms with Crippen LogP contribution in [0.25, 0.3) is 0 Å². The van der Waals surface area contributed by atoms with Crippen LogP contribution < -0.4 is 15.8 Å². The molecule has 0 aliphatic carbocycles. The van der Waals surface area contributed by atoms with Gasteiger partial charge in [0.15, 0.2) is 0 Å². The minimum atomic E-state index is -0.113. The summed E-state index contributed by atoms with van der Waals surface area (Å²) < 4.78 is 5.12. The molecule has 0 unspecified atom stereocenters. The van der Waals surface area contributed by atoms with Crippen molar-refractivity contribution in [3.63, 3.8) is 0 Å². The second kappa shape index (κ2) is 7.91. The molecule has 1 heterocycles. The molecule has 0 atom stereocenters. The molecule has 3 rings (SSSR count). The van der Waals surface area contributed by atoms with Crippen LogP contribution in [-0.2, 0) is 4.79 Å². The van der Waals surface area contributed by atoms with Gasteiger partial charge in [-0.2, -0.15) is 0 Å². The van der Waals surface area contributed by atoms with Gasteiger partial charge in [-0.3, -0.25) is 9.59 Å². The summed E-state index contributed by atoms with van der Waals surface area (Å²) in [5.41, 5.74) is 7.69. The maximum Gasteiger partial charge on any atom is 0.253 e. The number of hydrogen-bond donors (Lipinski definition) is 2. The van der Waals surface area contributed by atoms with Crippen LogP contribution >= 0.6 is 0 Å². The molecule has 0 spiro atoms. The van der Waals surface area contributed by atoms with Gasteiger partial charge in [0.05, 0.1) is 12.8 Å². The summed E-state index contributed by atoms with van der Waals surface area (Å²) in [6.07, 6.45) is 1.30. The number of piperidine rings is 1. The summed E-state index contributed by atoms with van der Waals surface area (Å²) in [7, 11) is 1.55. The number of ether oxygens (including phenoxy) is 1. The lowest BCUT2D eigenvalue weighted by molar-refractivity contribution is -0.121. The number of nitrogens with one attached hydrogen (secondary N) is 1. The Kier molecular flexibility index (Phi) is 5.41. The minimum Gasteiger partial charge on any atom is -0.495 e. The Balaban J connectivity index is 1.55.